The molecule has 0 amide bonds. The van der Waals surface area contributed by atoms with Gasteiger partial charge in [0, 0.05) is 23.2 Å². The summed E-state index contributed by atoms with van der Waals surface area (Å²) in [7, 11) is 0. The number of rotatable bonds is 4. The summed E-state index contributed by atoms with van der Waals surface area (Å²) in [5.41, 5.74) is 1.71. The fourth-order valence-electron chi connectivity index (χ4n) is 2.60. The standard InChI is InChI=1S/C14H18ClNO/c15-12-3-1-11(2-4-12)9-14(6-7-14)16-13-5-8-17-10-13/h1-4,13,16H,5-10H2/t13-/m0/s1. The summed E-state index contributed by atoms with van der Waals surface area (Å²) in [6.45, 7) is 1.79. The number of hydrogen-bond acceptors (Lipinski definition) is 2. The van der Waals surface area contributed by atoms with Crippen molar-refractivity contribution in [3.63, 3.8) is 0 Å². The Morgan fingerprint density at radius 3 is 2.65 bits per heavy atom. The number of hydrogen-bond donors (Lipinski definition) is 1. The predicted octanol–water partition coefficient (Wildman–Crippen LogP) is 2.79. The molecule has 2 nitrogen and oxygen atoms in total. The third-order valence-electron chi connectivity index (χ3n) is 3.75. The summed E-state index contributed by atoms with van der Waals surface area (Å²) in [4.78, 5) is 0. The van der Waals surface area contributed by atoms with Crippen molar-refractivity contribution in [3.8, 4) is 0 Å². The monoisotopic (exact) mass is 251 g/mol. The molecule has 2 fully saturated rings. The van der Waals surface area contributed by atoms with E-state index in [9.17, 15) is 0 Å². The Bertz CT molecular complexity index is 380. The van der Waals surface area contributed by atoms with E-state index in [1.54, 1.807) is 0 Å². The molecule has 0 spiro atoms. The Morgan fingerprint density at radius 1 is 1.29 bits per heavy atom. The van der Waals surface area contributed by atoms with Gasteiger partial charge in [0.15, 0.2) is 0 Å². The van der Waals surface area contributed by atoms with Gasteiger partial charge in [0.25, 0.3) is 0 Å². The average molecular weight is 252 g/mol. The largest absolute Gasteiger partial charge is 0.380 e. The zero-order valence-corrected chi connectivity index (χ0v) is 10.7. The highest BCUT2D eigenvalue weighted by Gasteiger charge is 2.44. The molecule has 2 aliphatic rings. The van der Waals surface area contributed by atoms with Crippen molar-refractivity contribution in [2.24, 2.45) is 0 Å². The van der Waals surface area contributed by atoms with Crippen LogP contribution in [0.5, 0.6) is 0 Å². The topological polar surface area (TPSA) is 21.3 Å². The van der Waals surface area contributed by atoms with Crippen molar-refractivity contribution < 1.29 is 4.74 Å². The molecular formula is C14H18ClNO. The number of halogens is 1. The van der Waals surface area contributed by atoms with Crippen LogP contribution in [0, 0.1) is 0 Å². The molecule has 92 valence electrons. The fraction of sp³-hybridized carbons (Fsp3) is 0.571. The van der Waals surface area contributed by atoms with Crippen molar-refractivity contribution >= 4 is 11.6 Å². The van der Waals surface area contributed by atoms with Gasteiger partial charge in [-0.3, -0.25) is 0 Å². The van der Waals surface area contributed by atoms with Crippen molar-refractivity contribution in [3.05, 3.63) is 34.9 Å². The highest BCUT2D eigenvalue weighted by molar-refractivity contribution is 6.30. The normalized spacial score (nSPS) is 26.1. The fourth-order valence-corrected chi connectivity index (χ4v) is 2.72. The second-order valence-electron chi connectivity index (χ2n) is 5.29. The summed E-state index contributed by atoms with van der Waals surface area (Å²) < 4.78 is 5.42. The maximum Gasteiger partial charge on any atom is 0.0620 e. The Morgan fingerprint density at radius 2 is 2.06 bits per heavy atom. The van der Waals surface area contributed by atoms with Crippen LogP contribution in [-0.4, -0.2) is 24.8 Å². The van der Waals surface area contributed by atoms with Crippen LogP contribution in [0.3, 0.4) is 0 Å². The van der Waals surface area contributed by atoms with Crippen LogP contribution in [0.1, 0.15) is 24.8 Å². The lowest BCUT2D eigenvalue weighted by molar-refractivity contribution is 0.187. The lowest BCUT2D eigenvalue weighted by atomic mass is 10.0. The first-order valence-electron chi connectivity index (χ1n) is 6.36. The summed E-state index contributed by atoms with van der Waals surface area (Å²) in [5.74, 6) is 0. The van der Waals surface area contributed by atoms with Crippen LogP contribution in [0.15, 0.2) is 24.3 Å². The Labute approximate surface area is 107 Å². The minimum absolute atomic E-state index is 0.339. The molecule has 0 unspecified atom stereocenters. The molecular weight excluding hydrogens is 234 g/mol. The van der Waals surface area contributed by atoms with Gasteiger partial charge in [-0.2, -0.15) is 0 Å². The SMILES string of the molecule is Clc1ccc(CC2(N[C@H]3CCOC3)CC2)cc1. The van der Waals surface area contributed by atoms with E-state index in [1.807, 2.05) is 12.1 Å². The predicted molar refractivity (Wildman–Crippen MR) is 69.5 cm³/mol. The summed E-state index contributed by atoms with van der Waals surface area (Å²) in [5, 5.41) is 4.59. The van der Waals surface area contributed by atoms with Gasteiger partial charge in [-0.1, -0.05) is 23.7 Å². The molecule has 17 heavy (non-hydrogen) atoms. The average Bonchev–Trinajstić information content (AvgIpc) is 2.87. The van der Waals surface area contributed by atoms with E-state index >= 15 is 0 Å². The van der Waals surface area contributed by atoms with Crippen LogP contribution < -0.4 is 5.32 Å². The molecule has 1 saturated carbocycles. The van der Waals surface area contributed by atoms with E-state index in [-0.39, 0.29) is 0 Å². The lowest BCUT2D eigenvalue weighted by Gasteiger charge is -2.21. The van der Waals surface area contributed by atoms with Gasteiger partial charge in [0.1, 0.15) is 0 Å². The first kappa shape index (κ1) is 11.5. The van der Waals surface area contributed by atoms with Gasteiger partial charge in [-0.05, 0) is 43.4 Å². The van der Waals surface area contributed by atoms with Crippen molar-refractivity contribution in [2.45, 2.75) is 37.3 Å². The minimum atomic E-state index is 0.339. The number of nitrogens with one attached hydrogen (secondary N) is 1. The van der Waals surface area contributed by atoms with Crippen LogP contribution in [0.4, 0.5) is 0 Å². The molecule has 0 aromatic heterocycles. The molecule has 0 bridgehead atoms. The highest BCUT2D eigenvalue weighted by atomic mass is 35.5. The van der Waals surface area contributed by atoms with E-state index < -0.39 is 0 Å². The zero-order valence-electron chi connectivity index (χ0n) is 9.92. The lowest BCUT2D eigenvalue weighted by Crippen LogP contribution is -2.41. The first-order chi connectivity index (χ1) is 8.26. The zero-order chi connectivity index (χ0) is 11.7. The molecule has 1 aliphatic heterocycles. The van der Waals surface area contributed by atoms with Gasteiger partial charge >= 0.3 is 0 Å². The minimum Gasteiger partial charge on any atom is -0.380 e. The van der Waals surface area contributed by atoms with E-state index in [0.29, 0.717) is 11.6 Å². The summed E-state index contributed by atoms with van der Waals surface area (Å²) in [6, 6.07) is 8.78. The van der Waals surface area contributed by atoms with Gasteiger partial charge in [0.05, 0.1) is 6.61 Å². The van der Waals surface area contributed by atoms with E-state index in [1.165, 1.54) is 18.4 Å². The second-order valence-corrected chi connectivity index (χ2v) is 5.72. The van der Waals surface area contributed by atoms with Crippen molar-refractivity contribution in [1.29, 1.82) is 0 Å². The van der Waals surface area contributed by atoms with Crippen molar-refractivity contribution in [2.75, 3.05) is 13.2 Å². The van der Waals surface area contributed by atoms with Gasteiger partial charge in [-0.25, -0.2) is 0 Å². The maximum atomic E-state index is 5.90. The third kappa shape index (κ3) is 2.82. The number of ether oxygens (including phenoxy) is 1. The summed E-state index contributed by atoms with van der Waals surface area (Å²) >= 11 is 5.90. The molecule has 1 heterocycles. The molecule has 1 N–H and O–H groups in total. The Balaban J connectivity index is 1.61. The smallest absolute Gasteiger partial charge is 0.0620 e. The molecule has 0 radical (unpaired) electrons. The van der Waals surface area contributed by atoms with E-state index in [4.69, 9.17) is 16.3 Å². The molecule has 3 rings (SSSR count). The van der Waals surface area contributed by atoms with Gasteiger partial charge in [-0.15, -0.1) is 0 Å². The first-order valence-corrected chi connectivity index (χ1v) is 6.74. The maximum absolute atomic E-state index is 5.90. The van der Waals surface area contributed by atoms with Crippen LogP contribution in [0.2, 0.25) is 5.02 Å². The molecule has 1 aliphatic carbocycles. The quantitative estimate of drug-likeness (QED) is 0.889. The Kier molecular flexibility index (Phi) is 3.12. The second kappa shape index (κ2) is 4.60. The van der Waals surface area contributed by atoms with Gasteiger partial charge < -0.3 is 10.1 Å². The molecule has 1 atom stereocenters. The molecule has 1 aromatic carbocycles. The van der Waals surface area contributed by atoms with E-state index in [2.05, 4.69) is 17.4 Å². The van der Waals surface area contributed by atoms with E-state index in [0.717, 1.165) is 31.1 Å². The van der Waals surface area contributed by atoms with Gasteiger partial charge in [0.2, 0.25) is 0 Å². The number of benzene rings is 1. The van der Waals surface area contributed by atoms with Crippen LogP contribution in [0.25, 0.3) is 0 Å². The van der Waals surface area contributed by atoms with Crippen molar-refractivity contribution in [1.82, 2.24) is 5.32 Å². The highest BCUT2D eigenvalue weighted by Crippen LogP contribution is 2.39. The molecule has 1 aromatic rings. The van der Waals surface area contributed by atoms with Crippen LogP contribution in [-0.2, 0) is 11.2 Å². The molecule has 3 heteroatoms. The third-order valence-corrected chi connectivity index (χ3v) is 4.00. The molecule has 1 saturated heterocycles. The summed E-state index contributed by atoms with van der Waals surface area (Å²) in [6.07, 6.45) is 4.83. The Hall–Kier alpha value is -0.570. The van der Waals surface area contributed by atoms with Crippen LogP contribution >= 0.6 is 11.6 Å².